The lowest BCUT2D eigenvalue weighted by Crippen LogP contribution is -2.01. The molecular weight excluding hydrogens is 921 g/mol. The SMILES string of the molecule is c1ccc(-c2ccccc2-c2cc(-n3c4ccccc4c4ccccc43)cc(-n3c4ccccc4c4ccccc43)c2)c(-c2cc(-n3c4ccccc4c4ccccc43)cc(-n3c4ccccc4c4ccccc43)c2)c1. The molecule has 0 atom stereocenters. The van der Waals surface area contributed by atoms with Gasteiger partial charge in [0.1, 0.15) is 0 Å². The zero-order valence-corrected chi connectivity index (χ0v) is 41.3. The smallest absolute Gasteiger partial charge is 0.0541 e. The lowest BCUT2D eigenvalue weighted by Gasteiger charge is -2.20. The van der Waals surface area contributed by atoms with E-state index in [1.54, 1.807) is 0 Å². The van der Waals surface area contributed by atoms with Crippen molar-refractivity contribution < 1.29 is 0 Å². The minimum atomic E-state index is 1.10. The number of hydrogen-bond acceptors (Lipinski definition) is 0. The monoisotopic (exact) mass is 966 g/mol. The molecule has 0 saturated carbocycles. The Hall–Kier alpha value is -10.2. The first-order valence-electron chi connectivity index (χ1n) is 26.2. The molecule has 0 aliphatic rings. The summed E-state index contributed by atoms with van der Waals surface area (Å²) in [6, 6.07) is 103. The van der Waals surface area contributed by atoms with Gasteiger partial charge >= 0.3 is 0 Å². The number of nitrogens with zero attached hydrogens (tertiary/aromatic N) is 4. The number of benzene rings is 12. The number of rotatable bonds is 7. The highest BCUT2D eigenvalue weighted by Gasteiger charge is 2.22. The average Bonchev–Trinajstić information content (AvgIpc) is 4.35. The second kappa shape index (κ2) is 16.7. The van der Waals surface area contributed by atoms with E-state index in [1.807, 2.05) is 0 Å². The summed E-state index contributed by atoms with van der Waals surface area (Å²) >= 11 is 0. The summed E-state index contributed by atoms with van der Waals surface area (Å²) in [4.78, 5) is 0. The largest absolute Gasteiger partial charge is 0.309 e. The maximum atomic E-state index is 2.46. The maximum Gasteiger partial charge on any atom is 0.0541 e. The van der Waals surface area contributed by atoms with Crippen LogP contribution in [0.4, 0.5) is 0 Å². The van der Waals surface area contributed by atoms with Crippen LogP contribution in [0.1, 0.15) is 0 Å². The van der Waals surface area contributed by atoms with Crippen molar-refractivity contribution in [3.63, 3.8) is 0 Å². The minimum Gasteiger partial charge on any atom is -0.309 e. The Balaban J connectivity index is 0.963. The normalized spacial score (nSPS) is 11.9. The average molecular weight is 967 g/mol. The zero-order chi connectivity index (χ0) is 49.8. The van der Waals surface area contributed by atoms with E-state index in [0.29, 0.717) is 0 Å². The molecule has 76 heavy (non-hydrogen) atoms. The number of para-hydroxylation sites is 8. The van der Waals surface area contributed by atoms with Crippen LogP contribution in [0, 0.1) is 0 Å². The van der Waals surface area contributed by atoms with Gasteiger partial charge in [-0.1, -0.05) is 194 Å². The molecule has 354 valence electrons. The summed E-state index contributed by atoms with van der Waals surface area (Å²) in [6.45, 7) is 0. The van der Waals surface area contributed by atoms with Crippen molar-refractivity contribution in [2.24, 2.45) is 0 Å². The Morgan fingerprint density at radius 3 is 0.539 bits per heavy atom. The molecule has 4 heterocycles. The summed E-state index contributed by atoms with van der Waals surface area (Å²) in [5.41, 5.74) is 20.7. The molecule has 0 amide bonds. The van der Waals surface area contributed by atoms with Gasteiger partial charge < -0.3 is 18.3 Å². The van der Waals surface area contributed by atoms with Crippen molar-refractivity contribution in [2.75, 3.05) is 0 Å². The number of hydrogen-bond donors (Lipinski definition) is 0. The predicted octanol–water partition coefficient (Wildman–Crippen LogP) is 19.1. The Kier molecular flexibility index (Phi) is 9.30. The first-order valence-corrected chi connectivity index (χ1v) is 26.2. The summed E-state index contributed by atoms with van der Waals surface area (Å²) in [5.74, 6) is 0. The van der Waals surface area contributed by atoms with E-state index >= 15 is 0 Å². The van der Waals surface area contributed by atoms with E-state index < -0.39 is 0 Å². The minimum absolute atomic E-state index is 1.10. The summed E-state index contributed by atoms with van der Waals surface area (Å²) < 4.78 is 9.83. The molecule has 0 fully saturated rings. The van der Waals surface area contributed by atoms with Crippen molar-refractivity contribution in [1.29, 1.82) is 0 Å². The van der Waals surface area contributed by atoms with Crippen LogP contribution in [0.15, 0.2) is 279 Å². The Bertz CT molecular complexity index is 4220. The molecule has 4 aromatic heterocycles. The van der Waals surface area contributed by atoms with Gasteiger partial charge in [0.15, 0.2) is 0 Å². The van der Waals surface area contributed by atoms with Crippen molar-refractivity contribution in [1.82, 2.24) is 18.3 Å². The second-order valence-corrected chi connectivity index (χ2v) is 20.0. The molecule has 0 radical (unpaired) electrons. The molecule has 4 heteroatoms. The zero-order valence-electron chi connectivity index (χ0n) is 41.3. The molecule has 0 bridgehead atoms. The third-order valence-corrected chi connectivity index (χ3v) is 15.9. The van der Waals surface area contributed by atoms with Crippen LogP contribution in [-0.4, -0.2) is 18.3 Å². The highest BCUT2D eigenvalue weighted by Crippen LogP contribution is 2.44. The summed E-state index contributed by atoms with van der Waals surface area (Å²) in [5, 5.41) is 9.89. The van der Waals surface area contributed by atoms with Crippen LogP contribution in [-0.2, 0) is 0 Å². The van der Waals surface area contributed by atoms with E-state index in [0.717, 1.165) is 56.1 Å². The molecule has 16 rings (SSSR count). The Morgan fingerprint density at radius 1 is 0.158 bits per heavy atom. The number of aromatic nitrogens is 4. The van der Waals surface area contributed by atoms with Crippen LogP contribution >= 0.6 is 0 Å². The van der Waals surface area contributed by atoms with Crippen LogP contribution in [0.2, 0.25) is 0 Å². The second-order valence-electron chi connectivity index (χ2n) is 20.0. The van der Waals surface area contributed by atoms with E-state index in [2.05, 4.69) is 297 Å². The topological polar surface area (TPSA) is 19.7 Å². The molecule has 0 aliphatic heterocycles. The fourth-order valence-corrected chi connectivity index (χ4v) is 12.8. The molecule has 0 saturated heterocycles. The number of fused-ring (bicyclic) bond motifs is 12. The van der Waals surface area contributed by atoms with Gasteiger partial charge in [0, 0.05) is 65.8 Å². The fourth-order valence-electron chi connectivity index (χ4n) is 12.8. The Labute approximate surface area is 438 Å². The van der Waals surface area contributed by atoms with Crippen LogP contribution in [0.5, 0.6) is 0 Å². The van der Waals surface area contributed by atoms with E-state index in [-0.39, 0.29) is 0 Å². The van der Waals surface area contributed by atoms with Crippen molar-refractivity contribution in [3.05, 3.63) is 279 Å². The molecule has 12 aromatic carbocycles. The molecule has 0 N–H and O–H groups in total. The lowest BCUT2D eigenvalue weighted by molar-refractivity contribution is 1.13. The quantitative estimate of drug-likeness (QED) is 0.152. The van der Waals surface area contributed by atoms with Gasteiger partial charge in [-0.25, -0.2) is 0 Å². The molecule has 0 spiro atoms. The highest BCUT2D eigenvalue weighted by molar-refractivity contribution is 6.13. The highest BCUT2D eigenvalue weighted by atomic mass is 15.0. The van der Waals surface area contributed by atoms with Gasteiger partial charge in [-0.05, 0) is 118 Å². The van der Waals surface area contributed by atoms with Gasteiger partial charge in [-0.2, -0.15) is 0 Å². The van der Waals surface area contributed by atoms with Crippen LogP contribution in [0.3, 0.4) is 0 Å². The Morgan fingerprint density at radius 2 is 0.329 bits per heavy atom. The maximum absolute atomic E-state index is 2.46. The standard InChI is InChI=1S/C72H46N4/c1-3-23-55(53(21-1)47-41-49(73-65-33-13-5-25-57(65)58-26-6-14-34-66(58)73)45-50(42-47)74-67-35-15-7-27-59(67)60-28-8-16-36-68(60)74)56-24-4-2-22-54(56)48-43-51(75-69-37-17-9-29-61(69)62-30-10-18-38-70(62)75)46-52(44-48)76-71-39-19-11-31-63(71)64-32-12-20-40-72(64)76/h1-46H. The molecule has 0 aliphatic carbocycles. The molecule has 16 aromatic rings. The molecule has 4 nitrogen and oxygen atoms in total. The fraction of sp³-hybridized carbons (Fsp3) is 0. The van der Waals surface area contributed by atoms with E-state index in [9.17, 15) is 0 Å². The lowest BCUT2D eigenvalue weighted by atomic mass is 9.89. The van der Waals surface area contributed by atoms with Crippen LogP contribution in [0.25, 0.3) is 143 Å². The third kappa shape index (κ3) is 6.31. The van der Waals surface area contributed by atoms with Crippen molar-refractivity contribution >= 4 is 87.2 Å². The molecular formula is C72H46N4. The third-order valence-electron chi connectivity index (χ3n) is 15.9. The first kappa shape index (κ1) is 42.4. The van der Waals surface area contributed by atoms with Gasteiger partial charge in [0.2, 0.25) is 0 Å². The summed E-state index contributed by atoms with van der Waals surface area (Å²) in [6.07, 6.45) is 0. The van der Waals surface area contributed by atoms with Crippen LogP contribution < -0.4 is 0 Å². The first-order chi connectivity index (χ1) is 37.7. The van der Waals surface area contributed by atoms with Crippen molar-refractivity contribution in [2.45, 2.75) is 0 Å². The van der Waals surface area contributed by atoms with Gasteiger partial charge in [0.05, 0.1) is 44.1 Å². The predicted molar refractivity (Wildman–Crippen MR) is 320 cm³/mol. The van der Waals surface area contributed by atoms with Crippen molar-refractivity contribution in [3.8, 4) is 56.1 Å². The van der Waals surface area contributed by atoms with E-state index in [1.165, 1.54) is 87.2 Å². The van der Waals surface area contributed by atoms with E-state index in [4.69, 9.17) is 0 Å². The van der Waals surface area contributed by atoms with Gasteiger partial charge in [0.25, 0.3) is 0 Å². The molecule has 0 unspecified atom stereocenters. The van der Waals surface area contributed by atoms with Gasteiger partial charge in [-0.15, -0.1) is 0 Å². The summed E-state index contributed by atoms with van der Waals surface area (Å²) in [7, 11) is 0. The van der Waals surface area contributed by atoms with Gasteiger partial charge in [-0.3, -0.25) is 0 Å².